The standard InChI is InChI=1S/C15H20ClNO/c1-11(12-4-3-5-13(16)10-12)17(2)14-6-8-15(18)9-7-14/h3-5,10-11,14H,6-9H2,1-2H3. The summed E-state index contributed by atoms with van der Waals surface area (Å²) in [5.74, 6) is 0.412. The highest BCUT2D eigenvalue weighted by Crippen LogP contribution is 2.28. The Morgan fingerprint density at radius 2 is 2.00 bits per heavy atom. The number of nitrogens with zero attached hydrogens (tertiary/aromatic N) is 1. The molecule has 1 unspecified atom stereocenters. The van der Waals surface area contributed by atoms with Crippen LogP contribution in [0.2, 0.25) is 5.02 Å². The van der Waals surface area contributed by atoms with Crippen LogP contribution in [-0.2, 0) is 4.79 Å². The fourth-order valence-corrected chi connectivity index (χ4v) is 2.85. The van der Waals surface area contributed by atoms with Gasteiger partial charge in [-0.15, -0.1) is 0 Å². The number of benzene rings is 1. The summed E-state index contributed by atoms with van der Waals surface area (Å²) in [5.41, 5.74) is 1.24. The van der Waals surface area contributed by atoms with E-state index in [0.717, 1.165) is 30.7 Å². The minimum Gasteiger partial charge on any atom is -0.300 e. The largest absolute Gasteiger partial charge is 0.300 e. The van der Waals surface area contributed by atoms with E-state index in [1.165, 1.54) is 5.56 Å². The lowest BCUT2D eigenvalue weighted by atomic mass is 9.92. The summed E-state index contributed by atoms with van der Waals surface area (Å²) in [7, 11) is 2.14. The van der Waals surface area contributed by atoms with Gasteiger partial charge in [0.05, 0.1) is 0 Å². The molecule has 1 aromatic rings. The molecule has 0 aromatic heterocycles. The van der Waals surface area contributed by atoms with Gasteiger partial charge in [-0.05, 0) is 44.5 Å². The summed E-state index contributed by atoms with van der Waals surface area (Å²) in [6.07, 6.45) is 3.44. The van der Waals surface area contributed by atoms with Gasteiger partial charge in [0.25, 0.3) is 0 Å². The highest BCUT2D eigenvalue weighted by molar-refractivity contribution is 6.30. The van der Waals surface area contributed by atoms with Crippen LogP contribution in [0.1, 0.15) is 44.2 Å². The number of rotatable bonds is 3. The molecule has 2 nitrogen and oxygen atoms in total. The third-order valence-corrected chi connectivity index (χ3v) is 4.27. The zero-order valence-electron chi connectivity index (χ0n) is 11.0. The number of ketones is 1. The van der Waals surface area contributed by atoms with Crippen molar-refractivity contribution in [3.05, 3.63) is 34.9 Å². The van der Waals surface area contributed by atoms with E-state index in [1.807, 2.05) is 18.2 Å². The lowest BCUT2D eigenvalue weighted by Crippen LogP contribution is -2.37. The van der Waals surface area contributed by atoms with Crippen molar-refractivity contribution in [1.29, 1.82) is 0 Å². The summed E-state index contributed by atoms with van der Waals surface area (Å²) < 4.78 is 0. The minimum absolute atomic E-state index is 0.335. The number of carbonyl (C=O) groups excluding carboxylic acids is 1. The molecule has 0 aliphatic heterocycles. The lowest BCUT2D eigenvalue weighted by molar-refractivity contribution is -0.121. The summed E-state index contributed by atoms with van der Waals surface area (Å²) in [5, 5.41) is 0.784. The van der Waals surface area contributed by atoms with Gasteiger partial charge in [-0.25, -0.2) is 0 Å². The number of halogens is 1. The van der Waals surface area contributed by atoms with Crippen LogP contribution in [0.25, 0.3) is 0 Å². The number of carbonyl (C=O) groups is 1. The minimum atomic E-state index is 0.335. The average Bonchev–Trinajstić information content (AvgIpc) is 2.38. The Morgan fingerprint density at radius 3 is 2.61 bits per heavy atom. The lowest BCUT2D eigenvalue weighted by Gasteiger charge is -2.35. The highest BCUT2D eigenvalue weighted by Gasteiger charge is 2.25. The molecule has 98 valence electrons. The molecule has 18 heavy (non-hydrogen) atoms. The van der Waals surface area contributed by atoms with Crippen molar-refractivity contribution in [2.75, 3.05) is 7.05 Å². The van der Waals surface area contributed by atoms with Gasteiger partial charge < -0.3 is 0 Å². The smallest absolute Gasteiger partial charge is 0.133 e. The zero-order valence-corrected chi connectivity index (χ0v) is 11.8. The van der Waals surface area contributed by atoms with E-state index in [0.29, 0.717) is 17.9 Å². The van der Waals surface area contributed by atoms with Gasteiger partial charge in [-0.3, -0.25) is 9.69 Å². The van der Waals surface area contributed by atoms with Crippen LogP contribution in [0.5, 0.6) is 0 Å². The van der Waals surface area contributed by atoms with Gasteiger partial charge in [0.15, 0.2) is 0 Å². The first-order valence-corrected chi connectivity index (χ1v) is 6.95. The molecule has 0 radical (unpaired) electrons. The van der Waals surface area contributed by atoms with Crippen LogP contribution in [0.3, 0.4) is 0 Å². The quantitative estimate of drug-likeness (QED) is 0.828. The number of hydrogen-bond donors (Lipinski definition) is 0. The van der Waals surface area contributed by atoms with Crippen molar-refractivity contribution < 1.29 is 4.79 Å². The normalized spacial score (nSPS) is 19.2. The Labute approximate surface area is 114 Å². The van der Waals surface area contributed by atoms with E-state index in [-0.39, 0.29) is 0 Å². The molecule has 0 bridgehead atoms. The van der Waals surface area contributed by atoms with E-state index < -0.39 is 0 Å². The van der Waals surface area contributed by atoms with Crippen molar-refractivity contribution in [3.63, 3.8) is 0 Å². The summed E-state index contributed by atoms with van der Waals surface area (Å²) in [6.45, 7) is 2.20. The van der Waals surface area contributed by atoms with Crippen molar-refractivity contribution in [1.82, 2.24) is 4.90 Å². The van der Waals surface area contributed by atoms with Gasteiger partial charge in [-0.1, -0.05) is 23.7 Å². The molecule has 2 rings (SSSR count). The Kier molecular flexibility index (Phi) is 4.41. The molecule has 1 aliphatic rings. The second-order valence-corrected chi connectivity index (χ2v) is 5.60. The molecule has 1 fully saturated rings. The summed E-state index contributed by atoms with van der Waals surface area (Å²) in [6, 6.07) is 8.87. The fourth-order valence-electron chi connectivity index (χ4n) is 2.65. The molecular formula is C15H20ClNO. The molecule has 1 aromatic carbocycles. The second kappa shape index (κ2) is 5.85. The Hall–Kier alpha value is -0.860. The van der Waals surface area contributed by atoms with E-state index in [2.05, 4.69) is 24.9 Å². The molecule has 0 saturated heterocycles. The Bertz CT molecular complexity index is 422. The first-order valence-electron chi connectivity index (χ1n) is 6.57. The third kappa shape index (κ3) is 3.12. The van der Waals surface area contributed by atoms with Crippen LogP contribution < -0.4 is 0 Å². The first-order chi connectivity index (χ1) is 8.58. The van der Waals surface area contributed by atoms with Gasteiger partial charge in [0, 0.05) is 29.9 Å². The molecule has 0 N–H and O–H groups in total. The predicted molar refractivity (Wildman–Crippen MR) is 74.9 cm³/mol. The van der Waals surface area contributed by atoms with Crippen molar-refractivity contribution in [3.8, 4) is 0 Å². The van der Waals surface area contributed by atoms with E-state index in [1.54, 1.807) is 0 Å². The maximum absolute atomic E-state index is 11.3. The highest BCUT2D eigenvalue weighted by atomic mass is 35.5. The SMILES string of the molecule is CC(c1cccc(Cl)c1)N(C)C1CCC(=O)CC1. The van der Waals surface area contributed by atoms with Crippen molar-refractivity contribution in [2.24, 2.45) is 0 Å². The summed E-state index contributed by atoms with van der Waals surface area (Å²) >= 11 is 6.04. The van der Waals surface area contributed by atoms with Crippen LogP contribution in [0, 0.1) is 0 Å². The van der Waals surface area contributed by atoms with Crippen LogP contribution in [-0.4, -0.2) is 23.8 Å². The Balaban J connectivity index is 2.04. The molecule has 1 aliphatic carbocycles. The maximum Gasteiger partial charge on any atom is 0.133 e. The second-order valence-electron chi connectivity index (χ2n) is 5.17. The monoisotopic (exact) mass is 265 g/mol. The molecule has 3 heteroatoms. The first kappa shape index (κ1) is 13.6. The van der Waals surface area contributed by atoms with Gasteiger partial charge in [0.1, 0.15) is 5.78 Å². The number of hydrogen-bond acceptors (Lipinski definition) is 2. The van der Waals surface area contributed by atoms with Gasteiger partial charge in [-0.2, -0.15) is 0 Å². The zero-order chi connectivity index (χ0) is 13.1. The molecule has 0 heterocycles. The van der Waals surface area contributed by atoms with E-state index in [4.69, 9.17) is 11.6 Å². The maximum atomic E-state index is 11.3. The summed E-state index contributed by atoms with van der Waals surface area (Å²) in [4.78, 5) is 13.7. The van der Waals surface area contributed by atoms with Crippen molar-refractivity contribution >= 4 is 17.4 Å². The number of Topliss-reactive ketones (excluding diaryl/α,β-unsaturated/α-hetero) is 1. The average molecular weight is 266 g/mol. The van der Waals surface area contributed by atoms with Crippen LogP contribution in [0.4, 0.5) is 0 Å². The van der Waals surface area contributed by atoms with E-state index in [9.17, 15) is 4.79 Å². The molecule has 0 spiro atoms. The van der Waals surface area contributed by atoms with Crippen LogP contribution >= 0.6 is 11.6 Å². The molecule has 1 atom stereocenters. The molecule has 1 saturated carbocycles. The topological polar surface area (TPSA) is 20.3 Å². The fraction of sp³-hybridized carbons (Fsp3) is 0.533. The third-order valence-electron chi connectivity index (χ3n) is 4.03. The molecular weight excluding hydrogens is 246 g/mol. The predicted octanol–water partition coefficient (Wildman–Crippen LogP) is 3.84. The van der Waals surface area contributed by atoms with Gasteiger partial charge in [0.2, 0.25) is 0 Å². The van der Waals surface area contributed by atoms with Crippen LogP contribution in [0.15, 0.2) is 24.3 Å². The van der Waals surface area contributed by atoms with Gasteiger partial charge >= 0.3 is 0 Å². The Morgan fingerprint density at radius 1 is 1.33 bits per heavy atom. The van der Waals surface area contributed by atoms with E-state index >= 15 is 0 Å². The molecule has 0 amide bonds. The van der Waals surface area contributed by atoms with Crippen molar-refractivity contribution in [2.45, 2.75) is 44.7 Å².